The summed E-state index contributed by atoms with van der Waals surface area (Å²) in [6.07, 6.45) is 3.69. The summed E-state index contributed by atoms with van der Waals surface area (Å²) >= 11 is 0. The van der Waals surface area contributed by atoms with Gasteiger partial charge in [-0.3, -0.25) is 0 Å². The molecule has 22 heavy (non-hydrogen) atoms. The molecule has 1 unspecified atom stereocenters. The molecule has 0 aliphatic carbocycles. The Morgan fingerprint density at radius 1 is 1.23 bits per heavy atom. The highest BCUT2D eigenvalue weighted by Crippen LogP contribution is 2.36. The van der Waals surface area contributed by atoms with Crippen molar-refractivity contribution in [2.24, 2.45) is 5.73 Å². The molecular formula is C18H18N2O2. The number of phenolic OH excluding ortho intramolecular Hbond substituents is 1. The average Bonchev–Trinajstić information content (AvgIpc) is 3.09. The van der Waals surface area contributed by atoms with Gasteiger partial charge in [0.2, 0.25) is 0 Å². The van der Waals surface area contributed by atoms with E-state index >= 15 is 0 Å². The van der Waals surface area contributed by atoms with Crippen LogP contribution in [-0.2, 0) is 12.8 Å². The smallest absolute Gasteiger partial charge is 0.180 e. The lowest BCUT2D eigenvalue weighted by Gasteiger charge is -2.14. The number of nitrogens with zero attached hydrogens (tertiary/aromatic N) is 1. The number of ether oxygens (including phenoxy) is 1. The van der Waals surface area contributed by atoms with Crippen LogP contribution in [0, 0.1) is 0 Å². The molecule has 1 aliphatic heterocycles. The number of hydrogen-bond donors (Lipinski definition) is 2. The first kappa shape index (κ1) is 13.2. The molecule has 3 aromatic rings. The van der Waals surface area contributed by atoms with Crippen molar-refractivity contribution in [3.05, 3.63) is 59.8 Å². The Morgan fingerprint density at radius 2 is 2.09 bits per heavy atom. The van der Waals surface area contributed by atoms with Gasteiger partial charge < -0.3 is 20.1 Å². The minimum Gasteiger partial charge on any atom is -0.508 e. The van der Waals surface area contributed by atoms with Crippen molar-refractivity contribution in [2.75, 3.05) is 6.54 Å². The van der Waals surface area contributed by atoms with E-state index in [1.807, 2.05) is 24.3 Å². The average molecular weight is 294 g/mol. The second-order valence-electron chi connectivity index (χ2n) is 5.69. The number of benzene rings is 2. The van der Waals surface area contributed by atoms with Crippen molar-refractivity contribution >= 4 is 10.9 Å². The van der Waals surface area contributed by atoms with Gasteiger partial charge in [-0.05, 0) is 48.4 Å². The highest BCUT2D eigenvalue weighted by atomic mass is 16.5. The van der Waals surface area contributed by atoms with Gasteiger partial charge in [0.15, 0.2) is 6.23 Å². The van der Waals surface area contributed by atoms with Crippen LogP contribution in [0.2, 0.25) is 0 Å². The highest BCUT2D eigenvalue weighted by Gasteiger charge is 2.25. The molecule has 4 nitrogen and oxygen atoms in total. The maximum absolute atomic E-state index is 9.77. The molecule has 0 saturated heterocycles. The van der Waals surface area contributed by atoms with E-state index in [1.54, 1.807) is 12.1 Å². The van der Waals surface area contributed by atoms with Gasteiger partial charge in [-0.15, -0.1) is 0 Å². The van der Waals surface area contributed by atoms with Crippen molar-refractivity contribution in [1.82, 2.24) is 4.57 Å². The van der Waals surface area contributed by atoms with E-state index in [9.17, 15) is 5.11 Å². The summed E-state index contributed by atoms with van der Waals surface area (Å²) in [6.45, 7) is 0.584. The summed E-state index contributed by atoms with van der Waals surface area (Å²) in [5.74, 6) is 1.23. The largest absolute Gasteiger partial charge is 0.508 e. The standard InChI is InChI=1S/C18H18N2O2/c19-8-7-13-11-20(16-6-5-14(21)10-15(13)16)18-9-12-3-1-2-4-17(12)22-18/h1-6,10-11,18,21H,7-9,19H2. The maximum atomic E-state index is 9.77. The quantitative estimate of drug-likeness (QED) is 0.780. The zero-order valence-corrected chi connectivity index (χ0v) is 12.2. The van der Waals surface area contributed by atoms with Crippen LogP contribution in [0.15, 0.2) is 48.7 Å². The molecule has 2 heterocycles. The SMILES string of the molecule is NCCc1cn(C2Cc3ccccc3O2)c2ccc(O)cc12. The van der Waals surface area contributed by atoms with Crippen LogP contribution in [0.1, 0.15) is 17.4 Å². The number of phenols is 1. The number of aromatic hydroxyl groups is 1. The second-order valence-corrected chi connectivity index (χ2v) is 5.69. The Balaban J connectivity index is 1.80. The predicted molar refractivity (Wildman–Crippen MR) is 86.2 cm³/mol. The topological polar surface area (TPSA) is 60.4 Å². The molecule has 112 valence electrons. The molecule has 4 heteroatoms. The molecular weight excluding hydrogens is 276 g/mol. The third-order valence-electron chi connectivity index (χ3n) is 4.25. The summed E-state index contributed by atoms with van der Waals surface area (Å²) in [5, 5.41) is 10.8. The van der Waals surface area contributed by atoms with Gasteiger partial charge in [0, 0.05) is 18.0 Å². The molecule has 0 bridgehead atoms. The summed E-state index contributed by atoms with van der Waals surface area (Å²) in [4.78, 5) is 0. The molecule has 0 fully saturated rings. The van der Waals surface area contributed by atoms with E-state index in [4.69, 9.17) is 10.5 Å². The first-order valence-electron chi connectivity index (χ1n) is 7.53. The lowest BCUT2D eigenvalue weighted by molar-refractivity contribution is 0.166. The minimum absolute atomic E-state index is 0.0454. The third kappa shape index (κ3) is 2.04. The first-order valence-corrected chi connectivity index (χ1v) is 7.53. The molecule has 0 amide bonds. The zero-order chi connectivity index (χ0) is 15.1. The van der Waals surface area contributed by atoms with E-state index in [0.717, 1.165) is 35.1 Å². The Morgan fingerprint density at radius 3 is 2.91 bits per heavy atom. The number of aromatic nitrogens is 1. The molecule has 1 aliphatic rings. The van der Waals surface area contributed by atoms with Crippen molar-refractivity contribution in [2.45, 2.75) is 19.1 Å². The van der Waals surface area contributed by atoms with Crippen LogP contribution in [0.3, 0.4) is 0 Å². The van der Waals surface area contributed by atoms with Gasteiger partial charge in [0.1, 0.15) is 11.5 Å². The summed E-state index contributed by atoms with van der Waals surface area (Å²) in [5.41, 5.74) is 9.16. The summed E-state index contributed by atoms with van der Waals surface area (Å²) in [6, 6.07) is 13.6. The van der Waals surface area contributed by atoms with Crippen LogP contribution < -0.4 is 10.5 Å². The van der Waals surface area contributed by atoms with Gasteiger partial charge in [-0.2, -0.15) is 0 Å². The van der Waals surface area contributed by atoms with Crippen molar-refractivity contribution in [3.63, 3.8) is 0 Å². The Labute approximate surface area is 128 Å². The van der Waals surface area contributed by atoms with E-state index in [0.29, 0.717) is 6.54 Å². The van der Waals surface area contributed by atoms with Crippen LogP contribution in [0.25, 0.3) is 10.9 Å². The van der Waals surface area contributed by atoms with Crippen LogP contribution in [-0.4, -0.2) is 16.2 Å². The number of nitrogens with two attached hydrogens (primary N) is 1. The van der Waals surface area contributed by atoms with Crippen LogP contribution in [0.5, 0.6) is 11.5 Å². The Kier molecular flexibility index (Phi) is 3.05. The molecule has 0 saturated carbocycles. The fourth-order valence-electron chi connectivity index (χ4n) is 3.23. The Hall–Kier alpha value is -2.46. The molecule has 0 spiro atoms. The molecule has 2 aromatic carbocycles. The summed E-state index contributed by atoms with van der Waals surface area (Å²) in [7, 11) is 0. The van der Waals surface area contributed by atoms with E-state index in [-0.39, 0.29) is 12.0 Å². The number of para-hydroxylation sites is 1. The first-order chi connectivity index (χ1) is 10.8. The lowest BCUT2D eigenvalue weighted by Crippen LogP contribution is -2.12. The van der Waals surface area contributed by atoms with Gasteiger partial charge in [0.05, 0.1) is 5.52 Å². The highest BCUT2D eigenvalue weighted by molar-refractivity contribution is 5.85. The second kappa shape index (κ2) is 5.07. The molecule has 4 rings (SSSR count). The maximum Gasteiger partial charge on any atom is 0.180 e. The lowest BCUT2D eigenvalue weighted by atomic mass is 10.1. The van der Waals surface area contributed by atoms with Crippen molar-refractivity contribution in [3.8, 4) is 11.5 Å². The monoisotopic (exact) mass is 294 g/mol. The van der Waals surface area contributed by atoms with E-state index in [2.05, 4.69) is 16.8 Å². The molecule has 1 aromatic heterocycles. The number of fused-ring (bicyclic) bond motifs is 2. The predicted octanol–water partition coefficient (Wildman–Crippen LogP) is 2.98. The molecule has 1 atom stereocenters. The summed E-state index contributed by atoms with van der Waals surface area (Å²) < 4.78 is 8.24. The fraction of sp³-hybridized carbons (Fsp3) is 0.222. The fourth-order valence-corrected chi connectivity index (χ4v) is 3.23. The number of hydrogen-bond acceptors (Lipinski definition) is 3. The van der Waals surface area contributed by atoms with Gasteiger partial charge >= 0.3 is 0 Å². The third-order valence-corrected chi connectivity index (χ3v) is 4.25. The Bertz CT molecular complexity index is 813. The number of rotatable bonds is 3. The molecule has 0 radical (unpaired) electrons. The van der Waals surface area contributed by atoms with Crippen LogP contribution >= 0.6 is 0 Å². The van der Waals surface area contributed by atoms with Crippen molar-refractivity contribution < 1.29 is 9.84 Å². The van der Waals surface area contributed by atoms with Crippen molar-refractivity contribution in [1.29, 1.82) is 0 Å². The van der Waals surface area contributed by atoms with E-state index < -0.39 is 0 Å². The van der Waals surface area contributed by atoms with Gasteiger partial charge in [0.25, 0.3) is 0 Å². The van der Waals surface area contributed by atoms with Gasteiger partial charge in [-0.1, -0.05) is 18.2 Å². The van der Waals surface area contributed by atoms with E-state index in [1.165, 1.54) is 5.56 Å². The molecule has 3 N–H and O–H groups in total. The van der Waals surface area contributed by atoms with Crippen LogP contribution in [0.4, 0.5) is 0 Å². The van der Waals surface area contributed by atoms with Gasteiger partial charge in [-0.25, -0.2) is 0 Å². The minimum atomic E-state index is -0.0454. The zero-order valence-electron chi connectivity index (χ0n) is 12.2. The normalized spacial score (nSPS) is 16.7.